The van der Waals surface area contributed by atoms with Crippen LogP contribution in [0.25, 0.3) is 0 Å². The maximum atomic E-state index is 10.8. The summed E-state index contributed by atoms with van der Waals surface area (Å²) in [4.78, 5) is 10.8. The lowest BCUT2D eigenvalue weighted by molar-refractivity contribution is -0.118. The molecule has 1 aromatic rings. The molecule has 29 heavy (non-hydrogen) atoms. The minimum atomic E-state index is -0.526. The minimum absolute atomic E-state index is 0.121. The number of nitrogens with two attached hydrogens (primary N) is 1. The van der Waals surface area contributed by atoms with Crippen molar-refractivity contribution in [3.8, 4) is 0 Å². The van der Waals surface area contributed by atoms with E-state index in [0.29, 0.717) is 24.7 Å². The van der Waals surface area contributed by atoms with Crippen molar-refractivity contribution in [1.29, 1.82) is 0 Å². The largest absolute Gasteiger partial charge is 0.392 e. The molecule has 0 bridgehead atoms. The number of unbranched alkanes of at least 4 members (excludes halogenated alkanes) is 2. The number of aliphatic hydroxyl groups is 2. The fourth-order valence-electron chi connectivity index (χ4n) is 5.02. The SMILES string of the molecule is Cc1cccc(C[C@@H](O)C=C[C@@H]2[C@H]3CC(CCCCCC(N)=O)=C[C@H]3C[C@H]2O)c1. The van der Waals surface area contributed by atoms with Gasteiger partial charge in [-0.15, -0.1) is 0 Å². The molecule has 4 heteroatoms. The summed E-state index contributed by atoms with van der Waals surface area (Å²) in [5.74, 6) is 0.811. The van der Waals surface area contributed by atoms with Crippen LogP contribution in [0, 0.1) is 24.7 Å². The standard InChI is InChI=1S/C25H35NO3/c1-17-6-5-8-18(12-17)14-21(27)10-11-22-23-15-19(13-20(23)16-24(22)28)7-3-2-4-9-25(26)29/h5-6,8,10-13,20-24,27-28H,2-4,7,9,14-16H2,1H3,(H2,26,29)/t20-,21-,22+,23-,24+/m0/s1. The quantitative estimate of drug-likeness (QED) is 0.414. The van der Waals surface area contributed by atoms with Gasteiger partial charge in [-0.25, -0.2) is 0 Å². The summed E-state index contributed by atoms with van der Waals surface area (Å²) in [6, 6.07) is 8.23. The molecule has 3 rings (SSSR count). The van der Waals surface area contributed by atoms with E-state index in [1.807, 2.05) is 18.2 Å². The summed E-state index contributed by atoms with van der Waals surface area (Å²) in [5.41, 5.74) is 9.01. The van der Waals surface area contributed by atoms with E-state index in [9.17, 15) is 15.0 Å². The number of primary amides is 1. The minimum Gasteiger partial charge on any atom is -0.392 e. The molecule has 0 heterocycles. The van der Waals surface area contributed by atoms with E-state index in [-0.39, 0.29) is 17.9 Å². The Bertz CT molecular complexity index is 754. The average molecular weight is 398 g/mol. The zero-order valence-electron chi connectivity index (χ0n) is 17.5. The first kappa shape index (κ1) is 21.8. The molecule has 0 radical (unpaired) electrons. The second-order valence-electron chi connectivity index (χ2n) is 8.91. The van der Waals surface area contributed by atoms with Crippen molar-refractivity contribution in [3.63, 3.8) is 0 Å². The van der Waals surface area contributed by atoms with Gasteiger partial charge in [0.2, 0.25) is 5.91 Å². The zero-order chi connectivity index (χ0) is 20.8. The van der Waals surface area contributed by atoms with E-state index in [2.05, 4.69) is 31.2 Å². The molecule has 0 aromatic heterocycles. The number of allylic oxidation sites excluding steroid dienone is 2. The molecule has 2 aliphatic carbocycles. The first-order valence-electron chi connectivity index (χ1n) is 11.0. The Morgan fingerprint density at radius 1 is 1.31 bits per heavy atom. The van der Waals surface area contributed by atoms with E-state index >= 15 is 0 Å². The second kappa shape index (κ2) is 10.2. The Hall–Kier alpha value is -1.91. The Balaban J connectivity index is 1.47. The van der Waals surface area contributed by atoms with Crippen LogP contribution in [0.1, 0.15) is 56.1 Å². The maximum Gasteiger partial charge on any atom is 0.217 e. The van der Waals surface area contributed by atoms with E-state index in [0.717, 1.165) is 44.1 Å². The van der Waals surface area contributed by atoms with Crippen molar-refractivity contribution in [2.75, 3.05) is 0 Å². The maximum absolute atomic E-state index is 10.8. The lowest BCUT2D eigenvalue weighted by Gasteiger charge is -2.19. The van der Waals surface area contributed by atoms with Gasteiger partial charge in [-0.3, -0.25) is 4.79 Å². The molecule has 2 aliphatic rings. The van der Waals surface area contributed by atoms with Gasteiger partial charge in [0.15, 0.2) is 0 Å². The highest BCUT2D eigenvalue weighted by atomic mass is 16.3. The summed E-state index contributed by atoms with van der Waals surface area (Å²) in [6.07, 6.45) is 12.5. The van der Waals surface area contributed by atoms with Crippen LogP contribution >= 0.6 is 0 Å². The van der Waals surface area contributed by atoms with Crippen LogP contribution in [0.2, 0.25) is 0 Å². The van der Waals surface area contributed by atoms with Crippen molar-refractivity contribution in [1.82, 2.24) is 0 Å². The molecule has 5 atom stereocenters. The molecular weight excluding hydrogens is 362 g/mol. The number of benzene rings is 1. The molecule has 1 amide bonds. The molecule has 4 N–H and O–H groups in total. The molecule has 158 valence electrons. The highest BCUT2D eigenvalue weighted by Crippen LogP contribution is 2.48. The van der Waals surface area contributed by atoms with Crippen LogP contribution in [0.15, 0.2) is 48.1 Å². The molecule has 1 saturated carbocycles. The van der Waals surface area contributed by atoms with Gasteiger partial charge >= 0.3 is 0 Å². The third-order valence-corrected chi connectivity index (χ3v) is 6.45. The highest BCUT2D eigenvalue weighted by molar-refractivity contribution is 5.73. The predicted molar refractivity (Wildman–Crippen MR) is 116 cm³/mol. The number of fused-ring (bicyclic) bond motifs is 1. The van der Waals surface area contributed by atoms with Crippen molar-refractivity contribution in [2.24, 2.45) is 23.5 Å². The molecular formula is C25H35NO3. The summed E-state index contributed by atoms with van der Waals surface area (Å²) in [5, 5.41) is 20.9. The van der Waals surface area contributed by atoms with Gasteiger partial charge in [0, 0.05) is 18.8 Å². The Labute approximate surface area is 174 Å². The van der Waals surface area contributed by atoms with E-state index in [1.54, 1.807) is 0 Å². The molecule has 0 aliphatic heterocycles. The first-order chi connectivity index (χ1) is 13.9. The average Bonchev–Trinajstić information content (AvgIpc) is 3.16. The summed E-state index contributed by atoms with van der Waals surface area (Å²) < 4.78 is 0. The van der Waals surface area contributed by atoms with Crippen LogP contribution in [0.5, 0.6) is 0 Å². The number of hydrogen-bond donors (Lipinski definition) is 3. The molecule has 1 fully saturated rings. The lowest BCUT2D eigenvalue weighted by atomic mass is 9.88. The predicted octanol–water partition coefficient (Wildman–Crippen LogP) is 3.83. The highest BCUT2D eigenvalue weighted by Gasteiger charge is 2.43. The van der Waals surface area contributed by atoms with Crippen molar-refractivity contribution in [3.05, 3.63) is 59.2 Å². The fourth-order valence-corrected chi connectivity index (χ4v) is 5.02. The lowest BCUT2D eigenvalue weighted by Crippen LogP contribution is -2.18. The van der Waals surface area contributed by atoms with Crippen LogP contribution in [-0.4, -0.2) is 28.3 Å². The Kier molecular flexibility index (Phi) is 7.68. The number of carbonyl (C=O) groups is 1. The number of aliphatic hydroxyl groups excluding tert-OH is 2. The topological polar surface area (TPSA) is 83.5 Å². The second-order valence-corrected chi connectivity index (χ2v) is 8.91. The van der Waals surface area contributed by atoms with Gasteiger partial charge in [-0.2, -0.15) is 0 Å². The summed E-state index contributed by atoms with van der Waals surface area (Å²) in [7, 11) is 0. The molecule has 0 unspecified atom stereocenters. The zero-order valence-corrected chi connectivity index (χ0v) is 17.5. The molecule has 0 saturated heterocycles. The number of amides is 1. The van der Waals surface area contributed by atoms with Gasteiger partial charge in [-0.05, 0) is 56.4 Å². The van der Waals surface area contributed by atoms with Crippen molar-refractivity contribution >= 4 is 5.91 Å². The molecule has 1 aromatic carbocycles. The van der Waals surface area contributed by atoms with Crippen molar-refractivity contribution < 1.29 is 15.0 Å². The first-order valence-corrected chi connectivity index (χ1v) is 11.0. The number of rotatable bonds is 10. The van der Waals surface area contributed by atoms with Gasteiger partial charge in [0.05, 0.1) is 12.2 Å². The van der Waals surface area contributed by atoms with Gasteiger partial charge in [-0.1, -0.05) is 60.1 Å². The third kappa shape index (κ3) is 6.28. The Morgan fingerprint density at radius 3 is 2.90 bits per heavy atom. The van der Waals surface area contributed by atoms with Crippen LogP contribution in [-0.2, 0) is 11.2 Å². The monoisotopic (exact) mass is 397 g/mol. The smallest absolute Gasteiger partial charge is 0.217 e. The van der Waals surface area contributed by atoms with Gasteiger partial charge in [0.25, 0.3) is 0 Å². The Morgan fingerprint density at radius 2 is 2.14 bits per heavy atom. The van der Waals surface area contributed by atoms with Crippen LogP contribution in [0.4, 0.5) is 0 Å². The third-order valence-electron chi connectivity index (χ3n) is 6.45. The summed E-state index contributed by atoms with van der Waals surface area (Å²) in [6.45, 7) is 2.06. The van der Waals surface area contributed by atoms with Gasteiger partial charge in [0.1, 0.15) is 0 Å². The molecule has 0 spiro atoms. The fraction of sp³-hybridized carbons (Fsp3) is 0.560. The van der Waals surface area contributed by atoms with Crippen LogP contribution in [0.3, 0.4) is 0 Å². The molecule has 4 nitrogen and oxygen atoms in total. The number of carbonyl (C=O) groups excluding carboxylic acids is 1. The number of aryl methyl sites for hydroxylation is 1. The normalized spacial score (nSPS) is 27.2. The number of hydrogen-bond acceptors (Lipinski definition) is 3. The van der Waals surface area contributed by atoms with Gasteiger partial charge < -0.3 is 15.9 Å². The van der Waals surface area contributed by atoms with E-state index < -0.39 is 6.10 Å². The van der Waals surface area contributed by atoms with Crippen LogP contribution < -0.4 is 5.73 Å². The van der Waals surface area contributed by atoms with Crippen molar-refractivity contribution in [2.45, 2.75) is 70.5 Å². The summed E-state index contributed by atoms with van der Waals surface area (Å²) >= 11 is 0. The van der Waals surface area contributed by atoms with E-state index in [1.165, 1.54) is 11.1 Å². The van der Waals surface area contributed by atoms with E-state index in [4.69, 9.17) is 5.73 Å².